The third-order valence-electron chi connectivity index (χ3n) is 3.57. The molecule has 2 atom stereocenters. The summed E-state index contributed by atoms with van der Waals surface area (Å²) in [6, 6.07) is 16.1. The van der Waals surface area contributed by atoms with Crippen molar-refractivity contribution in [1.29, 1.82) is 0 Å². The van der Waals surface area contributed by atoms with Gasteiger partial charge in [-0.2, -0.15) is 0 Å². The monoisotopic (exact) mass is 339 g/mol. The first-order valence-corrected chi connectivity index (χ1v) is 7.99. The quantitative estimate of drug-likeness (QED) is 0.752. The lowest BCUT2D eigenvalue weighted by Crippen LogP contribution is -2.50. The third-order valence-corrected chi connectivity index (χ3v) is 3.57. The fourth-order valence-electron chi connectivity index (χ4n) is 2.11. The fourth-order valence-corrected chi connectivity index (χ4v) is 2.11. The Kier molecular flexibility index (Phi) is 6.28. The summed E-state index contributed by atoms with van der Waals surface area (Å²) in [6.45, 7) is 3.15. The van der Waals surface area contributed by atoms with Crippen molar-refractivity contribution >= 4 is 23.4 Å². The highest BCUT2D eigenvalue weighted by Gasteiger charge is 2.21. The number of nitrogens with one attached hydrogen (secondary N) is 3. The van der Waals surface area contributed by atoms with Crippen LogP contribution in [-0.2, 0) is 9.59 Å². The lowest BCUT2D eigenvalue weighted by Gasteiger charge is -2.18. The number of anilines is 1. The maximum Gasteiger partial charge on any atom is 0.251 e. The number of carbonyl (C=O) groups is 3. The Labute approximate surface area is 146 Å². The number of benzene rings is 2. The molecule has 0 radical (unpaired) electrons. The van der Waals surface area contributed by atoms with Crippen molar-refractivity contribution in [1.82, 2.24) is 10.6 Å². The Bertz CT molecular complexity index is 732. The first kappa shape index (κ1) is 18.2. The van der Waals surface area contributed by atoms with Gasteiger partial charge < -0.3 is 16.0 Å². The number of para-hydroxylation sites is 1. The minimum atomic E-state index is -0.764. The lowest BCUT2D eigenvalue weighted by atomic mass is 10.2. The molecule has 2 aromatic carbocycles. The first-order chi connectivity index (χ1) is 12.0. The van der Waals surface area contributed by atoms with E-state index in [0.717, 1.165) is 0 Å². The molecular formula is C19H21N3O3. The Hall–Kier alpha value is -3.15. The van der Waals surface area contributed by atoms with Gasteiger partial charge >= 0.3 is 0 Å². The average molecular weight is 339 g/mol. The molecule has 2 aromatic rings. The van der Waals surface area contributed by atoms with Gasteiger partial charge in [0, 0.05) is 11.3 Å². The summed E-state index contributed by atoms with van der Waals surface area (Å²) in [5, 5.41) is 7.91. The van der Waals surface area contributed by atoms with Crippen LogP contribution in [0.1, 0.15) is 24.2 Å². The largest absolute Gasteiger partial charge is 0.343 e. The molecule has 6 heteroatoms. The summed E-state index contributed by atoms with van der Waals surface area (Å²) in [6.07, 6.45) is 0. The summed E-state index contributed by atoms with van der Waals surface area (Å²) in [7, 11) is 0. The molecule has 3 amide bonds. The molecule has 0 aliphatic carbocycles. The Morgan fingerprint density at radius 3 is 1.84 bits per heavy atom. The van der Waals surface area contributed by atoms with Crippen molar-refractivity contribution in [2.75, 3.05) is 5.32 Å². The van der Waals surface area contributed by atoms with Gasteiger partial charge in [-0.15, -0.1) is 0 Å². The van der Waals surface area contributed by atoms with Gasteiger partial charge in [0.05, 0.1) is 0 Å². The standard InChI is InChI=1S/C19H21N3O3/c1-13(21-19(25)15-9-5-3-6-10-15)17(23)20-14(2)18(24)22-16-11-7-4-8-12-16/h3-14H,1-2H3,(H,20,23)(H,21,25)(H,22,24)/t13-,14-/m0/s1. The lowest BCUT2D eigenvalue weighted by molar-refractivity contribution is -0.127. The van der Waals surface area contributed by atoms with Crippen LogP contribution in [0.5, 0.6) is 0 Å². The van der Waals surface area contributed by atoms with Crippen LogP contribution in [0.3, 0.4) is 0 Å². The number of carbonyl (C=O) groups excluding carboxylic acids is 3. The summed E-state index contributed by atoms with van der Waals surface area (Å²) < 4.78 is 0. The van der Waals surface area contributed by atoms with E-state index in [1.165, 1.54) is 0 Å². The predicted octanol–water partition coefficient (Wildman–Crippen LogP) is 1.95. The molecule has 0 aliphatic rings. The summed E-state index contributed by atoms with van der Waals surface area (Å²) in [5.41, 5.74) is 1.12. The normalized spacial score (nSPS) is 12.6. The zero-order valence-electron chi connectivity index (χ0n) is 14.2. The highest BCUT2D eigenvalue weighted by molar-refractivity contribution is 6.00. The van der Waals surface area contributed by atoms with E-state index in [0.29, 0.717) is 11.3 Å². The van der Waals surface area contributed by atoms with Crippen molar-refractivity contribution in [2.24, 2.45) is 0 Å². The van der Waals surface area contributed by atoms with Gasteiger partial charge in [0.1, 0.15) is 12.1 Å². The second kappa shape index (κ2) is 8.63. The molecule has 0 aliphatic heterocycles. The summed E-state index contributed by atoms with van der Waals surface area (Å²) >= 11 is 0. The molecule has 0 saturated heterocycles. The highest BCUT2D eigenvalue weighted by atomic mass is 16.2. The van der Waals surface area contributed by atoms with Crippen molar-refractivity contribution in [2.45, 2.75) is 25.9 Å². The Morgan fingerprint density at radius 1 is 0.720 bits per heavy atom. The van der Waals surface area contributed by atoms with Gasteiger partial charge in [-0.25, -0.2) is 0 Å². The zero-order valence-corrected chi connectivity index (χ0v) is 14.2. The van der Waals surface area contributed by atoms with Crippen LogP contribution < -0.4 is 16.0 Å². The van der Waals surface area contributed by atoms with E-state index >= 15 is 0 Å². The van der Waals surface area contributed by atoms with Gasteiger partial charge in [0.15, 0.2) is 0 Å². The number of hydrogen-bond donors (Lipinski definition) is 3. The summed E-state index contributed by atoms with van der Waals surface area (Å²) in [4.78, 5) is 36.3. The molecule has 3 N–H and O–H groups in total. The van der Waals surface area contributed by atoms with Crippen LogP contribution in [0.25, 0.3) is 0 Å². The first-order valence-electron chi connectivity index (χ1n) is 7.99. The topological polar surface area (TPSA) is 87.3 Å². The minimum absolute atomic E-state index is 0.332. The number of rotatable bonds is 6. The number of amides is 3. The predicted molar refractivity (Wildman–Crippen MR) is 96.0 cm³/mol. The maximum absolute atomic E-state index is 12.2. The van der Waals surface area contributed by atoms with Crippen molar-refractivity contribution in [3.63, 3.8) is 0 Å². The van der Waals surface area contributed by atoms with Crippen molar-refractivity contribution < 1.29 is 14.4 Å². The molecule has 0 unspecified atom stereocenters. The minimum Gasteiger partial charge on any atom is -0.343 e. The van der Waals surface area contributed by atoms with E-state index in [1.54, 1.807) is 68.4 Å². The zero-order chi connectivity index (χ0) is 18.2. The molecule has 0 bridgehead atoms. The second-order valence-corrected chi connectivity index (χ2v) is 5.65. The molecule has 0 saturated carbocycles. The molecular weight excluding hydrogens is 318 g/mol. The van der Waals surface area contributed by atoms with Crippen molar-refractivity contribution in [3.05, 3.63) is 66.2 Å². The van der Waals surface area contributed by atoms with Gasteiger partial charge in [-0.05, 0) is 38.1 Å². The Morgan fingerprint density at radius 2 is 1.24 bits per heavy atom. The van der Waals surface area contributed by atoms with Gasteiger partial charge in [-0.3, -0.25) is 14.4 Å². The van der Waals surface area contributed by atoms with Crippen LogP contribution in [0, 0.1) is 0 Å². The van der Waals surface area contributed by atoms with E-state index < -0.39 is 18.0 Å². The van der Waals surface area contributed by atoms with Crippen LogP contribution in [-0.4, -0.2) is 29.8 Å². The van der Waals surface area contributed by atoms with E-state index in [-0.39, 0.29) is 11.8 Å². The van der Waals surface area contributed by atoms with Gasteiger partial charge in [0.25, 0.3) is 5.91 Å². The maximum atomic E-state index is 12.2. The van der Waals surface area contributed by atoms with Crippen LogP contribution >= 0.6 is 0 Å². The average Bonchev–Trinajstić information content (AvgIpc) is 2.63. The van der Waals surface area contributed by atoms with Crippen molar-refractivity contribution in [3.8, 4) is 0 Å². The Balaban J connectivity index is 1.85. The molecule has 0 heterocycles. The molecule has 0 aromatic heterocycles. The SMILES string of the molecule is C[C@H](NC(=O)c1ccccc1)C(=O)N[C@@H](C)C(=O)Nc1ccccc1. The van der Waals surface area contributed by atoms with Gasteiger partial charge in [-0.1, -0.05) is 36.4 Å². The second-order valence-electron chi connectivity index (χ2n) is 5.65. The van der Waals surface area contributed by atoms with Gasteiger partial charge in [0.2, 0.25) is 11.8 Å². The van der Waals surface area contributed by atoms with E-state index in [4.69, 9.17) is 0 Å². The molecule has 25 heavy (non-hydrogen) atoms. The van der Waals surface area contributed by atoms with E-state index in [1.807, 2.05) is 6.07 Å². The van der Waals surface area contributed by atoms with Crippen LogP contribution in [0.15, 0.2) is 60.7 Å². The van der Waals surface area contributed by atoms with Crippen LogP contribution in [0.2, 0.25) is 0 Å². The molecule has 2 rings (SSSR count). The highest BCUT2D eigenvalue weighted by Crippen LogP contribution is 2.05. The van der Waals surface area contributed by atoms with E-state index in [2.05, 4.69) is 16.0 Å². The van der Waals surface area contributed by atoms with E-state index in [9.17, 15) is 14.4 Å². The molecule has 0 fully saturated rings. The number of hydrogen-bond acceptors (Lipinski definition) is 3. The smallest absolute Gasteiger partial charge is 0.251 e. The molecule has 6 nitrogen and oxygen atoms in total. The van der Waals surface area contributed by atoms with Crippen LogP contribution in [0.4, 0.5) is 5.69 Å². The summed E-state index contributed by atoms with van der Waals surface area (Å²) in [5.74, 6) is -1.11. The fraction of sp³-hybridized carbons (Fsp3) is 0.211. The molecule has 130 valence electrons. The molecule has 0 spiro atoms. The third kappa shape index (κ3) is 5.46.